The highest BCUT2D eigenvalue weighted by Gasteiger charge is 2.25. The molecule has 2 aromatic carbocycles. The molecule has 1 aliphatic heterocycles. The highest BCUT2D eigenvalue weighted by atomic mass is 16.6. The third-order valence-corrected chi connectivity index (χ3v) is 4.89. The molecule has 0 aliphatic carbocycles. The number of anilines is 1. The molecular formula is C22H27N3O3. The largest absolute Gasteiger partial charge is 0.450 e. The van der Waals surface area contributed by atoms with Crippen LogP contribution < -0.4 is 4.90 Å². The van der Waals surface area contributed by atoms with Crippen LogP contribution in [0.3, 0.4) is 0 Å². The van der Waals surface area contributed by atoms with Crippen molar-refractivity contribution in [2.75, 3.05) is 44.7 Å². The van der Waals surface area contributed by atoms with Crippen LogP contribution in [-0.2, 0) is 11.3 Å². The predicted octanol–water partition coefficient (Wildman–Crippen LogP) is 3.24. The number of nitrogens with zero attached hydrogens (tertiary/aromatic N) is 3. The molecule has 2 aromatic rings. The molecule has 1 saturated heterocycles. The van der Waals surface area contributed by atoms with Crippen molar-refractivity contribution in [3.63, 3.8) is 0 Å². The molecule has 6 heteroatoms. The van der Waals surface area contributed by atoms with E-state index < -0.39 is 0 Å². The summed E-state index contributed by atoms with van der Waals surface area (Å²) in [6, 6.07) is 18.0. The van der Waals surface area contributed by atoms with Gasteiger partial charge < -0.3 is 19.4 Å². The topological polar surface area (TPSA) is 53.1 Å². The van der Waals surface area contributed by atoms with Crippen LogP contribution in [0.15, 0.2) is 54.6 Å². The fourth-order valence-corrected chi connectivity index (χ4v) is 3.31. The van der Waals surface area contributed by atoms with Crippen LogP contribution >= 0.6 is 0 Å². The molecule has 0 N–H and O–H groups in total. The van der Waals surface area contributed by atoms with Gasteiger partial charge in [0, 0.05) is 51.0 Å². The first-order valence-corrected chi connectivity index (χ1v) is 9.64. The summed E-state index contributed by atoms with van der Waals surface area (Å²) in [6.45, 7) is 4.96. The van der Waals surface area contributed by atoms with E-state index in [2.05, 4.69) is 17.0 Å². The molecule has 0 aromatic heterocycles. The molecule has 0 bridgehead atoms. The zero-order chi connectivity index (χ0) is 19.9. The van der Waals surface area contributed by atoms with Crippen LogP contribution in [0.2, 0.25) is 0 Å². The maximum Gasteiger partial charge on any atom is 0.409 e. The summed E-state index contributed by atoms with van der Waals surface area (Å²) in [5.41, 5.74) is 2.89. The first-order valence-electron chi connectivity index (χ1n) is 9.64. The highest BCUT2D eigenvalue weighted by Crippen LogP contribution is 2.19. The lowest BCUT2D eigenvalue weighted by molar-refractivity contribution is 0.0570. The molecule has 148 valence electrons. The Balaban J connectivity index is 1.62. The smallest absolute Gasteiger partial charge is 0.409 e. The van der Waals surface area contributed by atoms with Gasteiger partial charge in [0.15, 0.2) is 0 Å². The monoisotopic (exact) mass is 381 g/mol. The van der Waals surface area contributed by atoms with Gasteiger partial charge in [0.25, 0.3) is 5.91 Å². The molecule has 1 heterocycles. The van der Waals surface area contributed by atoms with Crippen molar-refractivity contribution in [3.8, 4) is 0 Å². The van der Waals surface area contributed by atoms with Crippen molar-refractivity contribution in [1.82, 2.24) is 9.80 Å². The van der Waals surface area contributed by atoms with Gasteiger partial charge in [0.05, 0.1) is 6.61 Å². The van der Waals surface area contributed by atoms with Gasteiger partial charge in [0.1, 0.15) is 0 Å². The van der Waals surface area contributed by atoms with Gasteiger partial charge in [-0.3, -0.25) is 4.79 Å². The minimum absolute atomic E-state index is 0.00142. The lowest BCUT2D eigenvalue weighted by Crippen LogP contribution is -2.50. The molecule has 0 saturated carbocycles. The van der Waals surface area contributed by atoms with E-state index in [9.17, 15) is 9.59 Å². The van der Waals surface area contributed by atoms with E-state index in [0.717, 1.165) is 12.2 Å². The Kier molecular flexibility index (Phi) is 6.53. The number of benzene rings is 2. The van der Waals surface area contributed by atoms with Crippen molar-refractivity contribution in [2.24, 2.45) is 0 Å². The molecule has 28 heavy (non-hydrogen) atoms. The summed E-state index contributed by atoms with van der Waals surface area (Å²) in [6.07, 6.45) is -0.306. The van der Waals surface area contributed by atoms with E-state index in [1.165, 1.54) is 5.56 Å². The van der Waals surface area contributed by atoms with Crippen molar-refractivity contribution < 1.29 is 14.3 Å². The number of ether oxygens (including phenoxy) is 1. The van der Waals surface area contributed by atoms with Gasteiger partial charge in [0.2, 0.25) is 0 Å². The molecule has 6 nitrogen and oxygen atoms in total. The second-order valence-corrected chi connectivity index (χ2v) is 6.87. The fourth-order valence-electron chi connectivity index (χ4n) is 3.31. The number of hydrogen-bond donors (Lipinski definition) is 0. The van der Waals surface area contributed by atoms with Crippen LogP contribution in [-0.4, -0.2) is 61.6 Å². The number of rotatable bonds is 5. The van der Waals surface area contributed by atoms with Gasteiger partial charge >= 0.3 is 6.09 Å². The molecule has 1 fully saturated rings. The standard InChI is InChI=1S/C22H27N3O3/c1-3-28-22(27)25-14-12-24(13-15-25)21(26)19-10-7-11-20(16-19)23(2)17-18-8-5-4-6-9-18/h4-11,16H,3,12-15,17H2,1-2H3. The quantitative estimate of drug-likeness (QED) is 0.798. The van der Waals surface area contributed by atoms with E-state index in [-0.39, 0.29) is 12.0 Å². The number of hydrogen-bond acceptors (Lipinski definition) is 4. The van der Waals surface area contributed by atoms with Crippen LogP contribution in [0, 0.1) is 0 Å². The zero-order valence-electron chi connectivity index (χ0n) is 16.5. The van der Waals surface area contributed by atoms with Gasteiger partial charge in [-0.15, -0.1) is 0 Å². The van der Waals surface area contributed by atoms with Crippen LogP contribution in [0.1, 0.15) is 22.8 Å². The minimum atomic E-state index is -0.306. The summed E-state index contributed by atoms with van der Waals surface area (Å²) in [5.74, 6) is -0.00142. The Hall–Kier alpha value is -3.02. The number of piperazine rings is 1. The number of carbonyl (C=O) groups is 2. The molecule has 0 unspecified atom stereocenters. The van der Waals surface area contributed by atoms with Crippen molar-refractivity contribution >= 4 is 17.7 Å². The van der Waals surface area contributed by atoms with Crippen molar-refractivity contribution in [3.05, 3.63) is 65.7 Å². The summed E-state index contributed by atoms with van der Waals surface area (Å²) < 4.78 is 5.03. The molecule has 3 rings (SSSR count). The SMILES string of the molecule is CCOC(=O)N1CCN(C(=O)c2cccc(N(C)Cc3ccccc3)c2)CC1. The second-order valence-electron chi connectivity index (χ2n) is 6.87. The first-order chi connectivity index (χ1) is 13.6. The molecule has 0 radical (unpaired) electrons. The van der Waals surface area contributed by atoms with Crippen molar-refractivity contribution in [2.45, 2.75) is 13.5 Å². The average molecular weight is 381 g/mol. The Morgan fingerprint density at radius 3 is 2.32 bits per heavy atom. The number of amides is 2. The summed E-state index contributed by atoms with van der Waals surface area (Å²) >= 11 is 0. The second kappa shape index (κ2) is 9.26. The van der Waals surface area contributed by atoms with E-state index in [0.29, 0.717) is 38.3 Å². The van der Waals surface area contributed by atoms with Gasteiger partial charge in [-0.05, 0) is 30.7 Å². The summed E-state index contributed by atoms with van der Waals surface area (Å²) in [4.78, 5) is 30.3. The predicted molar refractivity (Wildman–Crippen MR) is 109 cm³/mol. The van der Waals surface area contributed by atoms with Crippen molar-refractivity contribution in [1.29, 1.82) is 0 Å². The fraction of sp³-hybridized carbons (Fsp3) is 0.364. The van der Waals surface area contributed by atoms with Crippen LogP contribution in [0.5, 0.6) is 0 Å². The van der Waals surface area contributed by atoms with Crippen LogP contribution in [0.25, 0.3) is 0 Å². The third kappa shape index (κ3) is 4.82. The van der Waals surface area contributed by atoms with E-state index in [1.54, 1.807) is 16.7 Å². The molecular weight excluding hydrogens is 354 g/mol. The van der Waals surface area contributed by atoms with E-state index in [4.69, 9.17) is 4.74 Å². The summed E-state index contributed by atoms with van der Waals surface area (Å²) in [5, 5.41) is 0. The van der Waals surface area contributed by atoms with Crippen LogP contribution in [0.4, 0.5) is 10.5 Å². The molecule has 2 amide bonds. The lowest BCUT2D eigenvalue weighted by atomic mass is 10.1. The average Bonchev–Trinajstić information content (AvgIpc) is 2.74. The third-order valence-electron chi connectivity index (χ3n) is 4.89. The Labute approximate surface area is 166 Å². The normalized spacial score (nSPS) is 13.9. The van der Waals surface area contributed by atoms with Gasteiger partial charge in [-0.1, -0.05) is 36.4 Å². The molecule has 1 aliphatic rings. The highest BCUT2D eigenvalue weighted by molar-refractivity contribution is 5.95. The summed E-state index contributed by atoms with van der Waals surface area (Å²) in [7, 11) is 2.02. The van der Waals surface area contributed by atoms with Gasteiger partial charge in [-0.2, -0.15) is 0 Å². The molecule has 0 atom stereocenters. The first kappa shape index (κ1) is 19.7. The minimum Gasteiger partial charge on any atom is -0.450 e. The Bertz CT molecular complexity index is 802. The molecule has 0 spiro atoms. The maximum atomic E-state index is 12.9. The van der Waals surface area contributed by atoms with E-state index >= 15 is 0 Å². The Morgan fingerprint density at radius 2 is 1.64 bits per heavy atom. The van der Waals surface area contributed by atoms with E-state index in [1.807, 2.05) is 49.5 Å². The maximum absolute atomic E-state index is 12.9. The zero-order valence-corrected chi connectivity index (χ0v) is 16.5. The number of carbonyl (C=O) groups excluding carboxylic acids is 2. The Morgan fingerprint density at radius 1 is 0.964 bits per heavy atom. The lowest BCUT2D eigenvalue weighted by Gasteiger charge is -2.34. The van der Waals surface area contributed by atoms with Gasteiger partial charge in [-0.25, -0.2) is 4.79 Å².